The average molecular weight is 220 g/mol. The van der Waals surface area contributed by atoms with E-state index in [4.69, 9.17) is 9.47 Å². The molecule has 0 rings (SSSR count). The maximum absolute atomic E-state index is 5.96. The Morgan fingerprint density at radius 1 is 1.07 bits per heavy atom. The molecule has 0 aliphatic rings. The van der Waals surface area contributed by atoms with Crippen molar-refractivity contribution < 1.29 is 9.47 Å². The van der Waals surface area contributed by atoms with Crippen LogP contribution in [0.3, 0.4) is 0 Å². The van der Waals surface area contributed by atoms with Gasteiger partial charge in [0, 0.05) is 0 Å². The summed E-state index contributed by atoms with van der Waals surface area (Å²) in [5, 5.41) is 0. The minimum absolute atomic E-state index is 0.00102. The van der Waals surface area contributed by atoms with Gasteiger partial charge in [-0.25, -0.2) is 0 Å². The third-order valence-electron chi connectivity index (χ3n) is 2.76. The lowest BCUT2D eigenvalue weighted by Gasteiger charge is -2.34. The van der Waals surface area contributed by atoms with E-state index in [0.29, 0.717) is 0 Å². The highest BCUT2D eigenvalue weighted by Crippen LogP contribution is 2.26. The smallest absolute Gasteiger partial charge is 0.156 e. The van der Waals surface area contributed by atoms with Crippen molar-refractivity contribution >= 4 is 9.24 Å². The fourth-order valence-corrected chi connectivity index (χ4v) is 1.90. The van der Waals surface area contributed by atoms with E-state index in [9.17, 15) is 0 Å². The molecule has 3 atom stereocenters. The maximum Gasteiger partial charge on any atom is 0.156 e. The number of hydrogen-bond donors (Lipinski definition) is 0. The van der Waals surface area contributed by atoms with Gasteiger partial charge in [0.2, 0.25) is 0 Å². The molecule has 0 saturated carbocycles. The molecule has 0 aromatic heterocycles. The summed E-state index contributed by atoms with van der Waals surface area (Å²) in [5.41, 5.74) is -0.00102. The van der Waals surface area contributed by atoms with Gasteiger partial charge in [-0.05, 0) is 33.1 Å². The Balaban J connectivity index is 4.15. The monoisotopic (exact) mass is 220 g/mol. The zero-order valence-electron chi connectivity index (χ0n) is 10.2. The summed E-state index contributed by atoms with van der Waals surface area (Å²) in [5.74, 6) is 0.147. The standard InChI is InChI=1S/C11H25O2P/c1-6-11(7-2,8-3)13-9(4)12-10(5)14/h9-10H,6-8,14H2,1-5H3. The first-order valence-electron chi connectivity index (χ1n) is 5.58. The minimum Gasteiger partial charge on any atom is -0.347 e. The van der Waals surface area contributed by atoms with Gasteiger partial charge in [0.05, 0.1) is 11.4 Å². The molecule has 0 aromatic rings. The van der Waals surface area contributed by atoms with Gasteiger partial charge >= 0.3 is 0 Å². The van der Waals surface area contributed by atoms with Crippen LogP contribution in [0.25, 0.3) is 0 Å². The first-order valence-corrected chi connectivity index (χ1v) is 6.25. The Morgan fingerprint density at radius 3 is 1.79 bits per heavy atom. The van der Waals surface area contributed by atoms with Crippen LogP contribution in [0.4, 0.5) is 0 Å². The van der Waals surface area contributed by atoms with Gasteiger partial charge in [-0.3, -0.25) is 0 Å². The van der Waals surface area contributed by atoms with E-state index in [0.717, 1.165) is 19.3 Å². The third-order valence-corrected chi connectivity index (χ3v) is 2.91. The molecule has 0 saturated heterocycles. The minimum atomic E-state index is -0.123. The van der Waals surface area contributed by atoms with Crippen LogP contribution in [0.5, 0.6) is 0 Å². The van der Waals surface area contributed by atoms with E-state index in [1.165, 1.54) is 0 Å². The van der Waals surface area contributed by atoms with Gasteiger partial charge < -0.3 is 9.47 Å². The molecule has 3 unspecified atom stereocenters. The van der Waals surface area contributed by atoms with E-state index >= 15 is 0 Å². The fraction of sp³-hybridized carbons (Fsp3) is 1.00. The van der Waals surface area contributed by atoms with Crippen molar-refractivity contribution in [3.05, 3.63) is 0 Å². The second-order valence-corrected chi connectivity index (χ2v) is 4.71. The predicted octanol–water partition coefficient (Wildman–Crippen LogP) is 3.56. The third kappa shape index (κ3) is 4.72. The molecule has 0 aromatic carbocycles. The van der Waals surface area contributed by atoms with Crippen molar-refractivity contribution in [1.82, 2.24) is 0 Å². The first kappa shape index (κ1) is 14.3. The van der Waals surface area contributed by atoms with Gasteiger partial charge in [0.25, 0.3) is 0 Å². The molecule has 0 N–H and O–H groups in total. The van der Waals surface area contributed by atoms with E-state index < -0.39 is 0 Å². The van der Waals surface area contributed by atoms with E-state index in [2.05, 4.69) is 30.0 Å². The van der Waals surface area contributed by atoms with Crippen LogP contribution in [-0.4, -0.2) is 17.7 Å². The van der Waals surface area contributed by atoms with Crippen molar-refractivity contribution in [1.29, 1.82) is 0 Å². The van der Waals surface area contributed by atoms with Crippen molar-refractivity contribution in [2.24, 2.45) is 0 Å². The SMILES string of the molecule is CCC(CC)(CC)OC(C)OC(C)P. The van der Waals surface area contributed by atoms with Crippen molar-refractivity contribution in [2.75, 3.05) is 0 Å². The van der Waals surface area contributed by atoms with Gasteiger partial charge in [-0.1, -0.05) is 20.8 Å². The first-order chi connectivity index (χ1) is 6.49. The Morgan fingerprint density at radius 2 is 1.50 bits per heavy atom. The molecule has 0 spiro atoms. The van der Waals surface area contributed by atoms with Gasteiger partial charge in [0.1, 0.15) is 0 Å². The molecule has 0 aliphatic carbocycles. The summed E-state index contributed by atoms with van der Waals surface area (Å²) >= 11 is 0. The molecule has 86 valence electrons. The molecule has 0 heterocycles. The van der Waals surface area contributed by atoms with Crippen molar-refractivity contribution in [2.45, 2.75) is 71.6 Å². The highest BCUT2D eigenvalue weighted by atomic mass is 31.0. The highest BCUT2D eigenvalue weighted by molar-refractivity contribution is 7.17. The zero-order chi connectivity index (χ0) is 11.2. The predicted molar refractivity (Wildman–Crippen MR) is 64.4 cm³/mol. The molecule has 0 fully saturated rings. The van der Waals surface area contributed by atoms with Crippen molar-refractivity contribution in [3.63, 3.8) is 0 Å². The number of rotatable bonds is 7. The molecular formula is C11H25O2P. The summed E-state index contributed by atoms with van der Waals surface area (Å²) in [6, 6.07) is 0. The van der Waals surface area contributed by atoms with Crippen LogP contribution in [-0.2, 0) is 9.47 Å². The second-order valence-electron chi connectivity index (χ2n) is 3.77. The summed E-state index contributed by atoms with van der Waals surface area (Å²) in [6.07, 6.45) is 3.00. The van der Waals surface area contributed by atoms with Gasteiger partial charge in [0.15, 0.2) is 6.29 Å². The molecule has 2 nitrogen and oxygen atoms in total. The second kappa shape index (κ2) is 6.76. The highest BCUT2D eigenvalue weighted by Gasteiger charge is 2.27. The van der Waals surface area contributed by atoms with Crippen LogP contribution in [0.2, 0.25) is 0 Å². The van der Waals surface area contributed by atoms with Crippen LogP contribution >= 0.6 is 9.24 Å². The van der Waals surface area contributed by atoms with Gasteiger partial charge in [-0.15, -0.1) is 9.24 Å². The van der Waals surface area contributed by atoms with E-state index in [1.54, 1.807) is 0 Å². The molecule has 0 bridgehead atoms. The topological polar surface area (TPSA) is 18.5 Å². The van der Waals surface area contributed by atoms with E-state index in [1.807, 2.05) is 13.8 Å². The van der Waals surface area contributed by atoms with Gasteiger partial charge in [-0.2, -0.15) is 0 Å². The molecular weight excluding hydrogens is 195 g/mol. The summed E-state index contributed by atoms with van der Waals surface area (Å²) in [7, 11) is 2.62. The molecule has 0 amide bonds. The lowest BCUT2D eigenvalue weighted by atomic mass is 9.94. The Kier molecular flexibility index (Phi) is 6.93. The molecule has 0 aliphatic heterocycles. The summed E-state index contributed by atoms with van der Waals surface area (Å²) in [6.45, 7) is 10.5. The van der Waals surface area contributed by atoms with Crippen LogP contribution < -0.4 is 0 Å². The lowest BCUT2D eigenvalue weighted by molar-refractivity contribution is -0.209. The molecule has 0 radical (unpaired) electrons. The zero-order valence-corrected chi connectivity index (χ0v) is 11.3. The normalized spacial score (nSPS) is 16.7. The van der Waals surface area contributed by atoms with Crippen molar-refractivity contribution in [3.8, 4) is 0 Å². The quantitative estimate of drug-likeness (QED) is 0.482. The number of hydrogen-bond acceptors (Lipinski definition) is 2. The molecule has 3 heteroatoms. The Bertz CT molecular complexity index is 136. The Labute approximate surface area is 90.9 Å². The summed E-state index contributed by atoms with van der Waals surface area (Å²) in [4.78, 5) is 0. The summed E-state index contributed by atoms with van der Waals surface area (Å²) < 4.78 is 11.5. The number of ether oxygens (including phenoxy) is 2. The van der Waals surface area contributed by atoms with Crippen LogP contribution in [0.15, 0.2) is 0 Å². The maximum atomic E-state index is 5.96. The van der Waals surface area contributed by atoms with Crippen LogP contribution in [0, 0.1) is 0 Å². The molecule has 14 heavy (non-hydrogen) atoms. The Hall–Kier alpha value is 0.350. The average Bonchev–Trinajstić information content (AvgIpc) is 2.13. The van der Waals surface area contributed by atoms with Crippen LogP contribution in [0.1, 0.15) is 53.9 Å². The van der Waals surface area contributed by atoms with E-state index in [-0.39, 0.29) is 17.7 Å². The largest absolute Gasteiger partial charge is 0.347 e. The fourth-order valence-electron chi connectivity index (χ4n) is 1.68. The lowest BCUT2D eigenvalue weighted by Crippen LogP contribution is -2.35.